The Morgan fingerprint density at radius 2 is 1.75 bits per heavy atom. The van der Waals surface area contributed by atoms with E-state index in [0.717, 1.165) is 11.6 Å². The second-order valence-electron chi connectivity index (χ2n) is 3.99. The predicted octanol–water partition coefficient (Wildman–Crippen LogP) is 6.05. The van der Waals surface area contributed by atoms with E-state index in [9.17, 15) is 13.2 Å². The molecule has 0 aliphatic heterocycles. The molecular weight excluding hydrogens is 357 g/mol. The highest BCUT2D eigenvalue weighted by Crippen LogP contribution is 2.39. The number of rotatable bonds is 3. The van der Waals surface area contributed by atoms with Crippen molar-refractivity contribution in [3.8, 4) is 11.5 Å². The zero-order valence-electron chi connectivity index (χ0n) is 10.0. The number of alkyl halides is 4. The first kappa shape index (κ1) is 15.2. The lowest BCUT2D eigenvalue weighted by Gasteiger charge is -2.14. The fourth-order valence-corrected chi connectivity index (χ4v) is 2.21. The third-order valence-electron chi connectivity index (χ3n) is 2.56. The highest BCUT2D eigenvalue weighted by molar-refractivity contribution is 9.08. The van der Waals surface area contributed by atoms with Gasteiger partial charge in [-0.15, -0.1) is 0 Å². The SMILES string of the molecule is FC(F)(F)c1ccccc1Oc1ccc(CBr)cc1Cl. The molecule has 0 amide bonds. The van der Waals surface area contributed by atoms with Crippen LogP contribution in [0.5, 0.6) is 11.5 Å². The standard InChI is InChI=1S/C14H9BrClF3O/c15-8-9-5-6-13(11(16)7-9)20-12-4-2-1-3-10(12)14(17,18)19/h1-7H,8H2. The molecule has 0 atom stereocenters. The third kappa shape index (κ3) is 3.46. The lowest BCUT2D eigenvalue weighted by Crippen LogP contribution is -2.06. The van der Waals surface area contributed by atoms with Crippen LogP contribution in [-0.2, 0) is 11.5 Å². The van der Waals surface area contributed by atoms with E-state index in [1.807, 2.05) is 0 Å². The summed E-state index contributed by atoms with van der Waals surface area (Å²) in [5.74, 6) is -0.0819. The van der Waals surface area contributed by atoms with E-state index in [1.165, 1.54) is 18.2 Å². The van der Waals surface area contributed by atoms with Crippen LogP contribution in [0.15, 0.2) is 42.5 Å². The third-order valence-corrected chi connectivity index (χ3v) is 3.51. The van der Waals surface area contributed by atoms with Gasteiger partial charge in [-0.1, -0.05) is 45.7 Å². The number of halogens is 5. The van der Waals surface area contributed by atoms with Gasteiger partial charge in [0, 0.05) is 5.33 Å². The second-order valence-corrected chi connectivity index (χ2v) is 4.96. The molecule has 0 radical (unpaired) electrons. The first-order valence-electron chi connectivity index (χ1n) is 5.60. The topological polar surface area (TPSA) is 9.23 Å². The minimum Gasteiger partial charge on any atom is -0.455 e. The summed E-state index contributed by atoms with van der Waals surface area (Å²) >= 11 is 9.27. The summed E-state index contributed by atoms with van der Waals surface area (Å²) in [6.07, 6.45) is -4.47. The Kier molecular flexibility index (Phi) is 4.60. The molecule has 0 fully saturated rings. The van der Waals surface area contributed by atoms with Crippen molar-refractivity contribution in [2.75, 3.05) is 0 Å². The van der Waals surface area contributed by atoms with Gasteiger partial charge in [-0.25, -0.2) is 0 Å². The van der Waals surface area contributed by atoms with Crippen LogP contribution in [0.3, 0.4) is 0 Å². The molecule has 0 spiro atoms. The lowest BCUT2D eigenvalue weighted by atomic mass is 10.2. The first-order chi connectivity index (χ1) is 9.41. The highest BCUT2D eigenvalue weighted by Gasteiger charge is 2.34. The van der Waals surface area contributed by atoms with E-state index in [2.05, 4.69) is 15.9 Å². The molecule has 0 aliphatic carbocycles. The second kappa shape index (κ2) is 6.06. The fraction of sp³-hybridized carbons (Fsp3) is 0.143. The molecule has 0 bridgehead atoms. The van der Waals surface area contributed by atoms with E-state index in [0.29, 0.717) is 5.33 Å². The predicted molar refractivity (Wildman–Crippen MR) is 75.6 cm³/mol. The van der Waals surface area contributed by atoms with Crippen molar-refractivity contribution in [2.45, 2.75) is 11.5 Å². The maximum atomic E-state index is 12.9. The van der Waals surface area contributed by atoms with Gasteiger partial charge >= 0.3 is 6.18 Å². The van der Waals surface area contributed by atoms with Crippen LogP contribution in [0, 0.1) is 0 Å². The van der Waals surface area contributed by atoms with E-state index in [4.69, 9.17) is 16.3 Å². The molecule has 0 N–H and O–H groups in total. The molecule has 106 valence electrons. The van der Waals surface area contributed by atoms with Crippen molar-refractivity contribution in [3.63, 3.8) is 0 Å². The zero-order valence-corrected chi connectivity index (χ0v) is 12.4. The van der Waals surface area contributed by atoms with Gasteiger partial charge in [-0.2, -0.15) is 13.2 Å². The highest BCUT2D eigenvalue weighted by atomic mass is 79.9. The molecule has 0 saturated carbocycles. The summed E-state index contributed by atoms with van der Waals surface area (Å²) in [5, 5.41) is 0.866. The summed E-state index contributed by atoms with van der Waals surface area (Å²) in [4.78, 5) is 0. The van der Waals surface area contributed by atoms with Crippen molar-refractivity contribution < 1.29 is 17.9 Å². The molecule has 20 heavy (non-hydrogen) atoms. The Morgan fingerprint density at radius 1 is 1.05 bits per heavy atom. The van der Waals surface area contributed by atoms with Gasteiger partial charge in [0.05, 0.1) is 10.6 Å². The lowest BCUT2D eigenvalue weighted by molar-refractivity contribution is -0.138. The van der Waals surface area contributed by atoms with Gasteiger partial charge in [0.2, 0.25) is 0 Å². The van der Waals surface area contributed by atoms with Crippen LogP contribution in [0.4, 0.5) is 13.2 Å². The smallest absolute Gasteiger partial charge is 0.419 e. The van der Waals surface area contributed by atoms with Crippen LogP contribution in [-0.4, -0.2) is 0 Å². The van der Waals surface area contributed by atoms with Gasteiger partial charge in [0.15, 0.2) is 0 Å². The monoisotopic (exact) mass is 364 g/mol. The van der Waals surface area contributed by atoms with Crippen molar-refractivity contribution in [3.05, 3.63) is 58.6 Å². The van der Waals surface area contributed by atoms with E-state index in [-0.39, 0.29) is 16.5 Å². The Balaban J connectivity index is 2.36. The van der Waals surface area contributed by atoms with Crippen molar-refractivity contribution >= 4 is 27.5 Å². The molecule has 2 aromatic carbocycles. The van der Waals surface area contributed by atoms with E-state index in [1.54, 1.807) is 18.2 Å². The van der Waals surface area contributed by atoms with Crippen LogP contribution in [0.25, 0.3) is 0 Å². The largest absolute Gasteiger partial charge is 0.455 e. The summed E-state index contributed by atoms with van der Waals surface area (Å²) in [5.41, 5.74) is 0.0760. The van der Waals surface area contributed by atoms with Gasteiger partial charge in [0.25, 0.3) is 0 Å². The molecule has 0 unspecified atom stereocenters. The molecule has 0 aromatic heterocycles. The Hall–Kier alpha value is -1.20. The van der Waals surface area contributed by atoms with Crippen LogP contribution < -0.4 is 4.74 Å². The Morgan fingerprint density at radius 3 is 2.35 bits per heavy atom. The van der Waals surface area contributed by atoms with Crippen LogP contribution in [0.1, 0.15) is 11.1 Å². The number of hydrogen-bond acceptors (Lipinski definition) is 1. The molecule has 1 nitrogen and oxygen atoms in total. The van der Waals surface area contributed by atoms with Crippen molar-refractivity contribution in [2.24, 2.45) is 0 Å². The molecule has 0 saturated heterocycles. The normalized spacial score (nSPS) is 11.4. The average Bonchev–Trinajstić information content (AvgIpc) is 2.40. The zero-order chi connectivity index (χ0) is 14.8. The van der Waals surface area contributed by atoms with Crippen LogP contribution >= 0.6 is 27.5 Å². The number of ether oxygens (including phenoxy) is 1. The van der Waals surface area contributed by atoms with Gasteiger partial charge in [0.1, 0.15) is 11.5 Å². The van der Waals surface area contributed by atoms with Gasteiger partial charge in [-0.05, 0) is 29.8 Å². The molecular formula is C14H9BrClF3O. The molecule has 0 aliphatic rings. The van der Waals surface area contributed by atoms with Crippen molar-refractivity contribution in [1.29, 1.82) is 0 Å². The molecule has 2 aromatic rings. The van der Waals surface area contributed by atoms with E-state index < -0.39 is 11.7 Å². The van der Waals surface area contributed by atoms with E-state index >= 15 is 0 Å². The number of benzene rings is 2. The molecule has 6 heteroatoms. The van der Waals surface area contributed by atoms with Gasteiger partial charge in [-0.3, -0.25) is 0 Å². The number of para-hydroxylation sites is 1. The summed E-state index contributed by atoms with van der Waals surface area (Å²) in [7, 11) is 0. The Labute approximate surface area is 127 Å². The fourth-order valence-electron chi connectivity index (χ4n) is 1.62. The maximum Gasteiger partial charge on any atom is 0.419 e. The maximum absolute atomic E-state index is 12.9. The quantitative estimate of drug-likeness (QED) is 0.602. The summed E-state index contributed by atoms with van der Waals surface area (Å²) < 4.78 is 43.9. The van der Waals surface area contributed by atoms with Gasteiger partial charge < -0.3 is 4.74 Å². The average molecular weight is 366 g/mol. The van der Waals surface area contributed by atoms with Crippen molar-refractivity contribution in [1.82, 2.24) is 0 Å². The first-order valence-corrected chi connectivity index (χ1v) is 7.10. The summed E-state index contributed by atoms with van der Waals surface area (Å²) in [6, 6.07) is 9.93. The number of hydrogen-bond donors (Lipinski definition) is 0. The van der Waals surface area contributed by atoms with Crippen LogP contribution in [0.2, 0.25) is 5.02 Å². The minimum atomic E-state index is -4.47. The molecule has 0 heterocycles. The Bertz CT molecular complexity index is 614. The minimum absolute atomic E-state index is 0.188. The molecule has 2 rings (SSSR count). The summed E-state index contributed by atoms with van der Waals surface area (Å²) in [6.45, 7) is 0.